The Bertz CT molecular complexity index is 393. The molecule has 17 heavy (non-hydrogen) atoms. The first-order valence-electron chi connectivity index (χ1n) is 6.02. The van der Waals surface area contributed by atoms with Gasteiger partial charge in [0.05, 0.1) is 10.7 Å². The van der Waals surface area contributed by atoms with E-state index in [1.807, 2.05) is 18.2 Å². The van der Waals surface area contributed by atoms with Gasteiger partial charge in [-0.2, -0.15) is 0 Å². The Morgan fingerprint density at radius 2 is 2.12 bits per heavy atom. The first kappa shape index (κ1) is 13.0. The molecule has 1 heterocycles. The zero-order chi connectivity index (χ0) is 12.4. The molecule has 4 heteroatoms. The lowest BCUT2D eigenvalue weighted by Crippen LogP contribution is -2.37. The predicted molar refractivity (Wildman–Crippen MR) is 75.4 cm³/mol. The number of nitrogens with zero attached hydrogens (tertiary/aromatic N) is 1. The Hall–Kier alpha value is -0.440. The summed E-state index contributed by atoms with van der Waals surface area (Å²) in [5, 5.41) is 4.99. The highest BCUT2D eigenvalue weighted by molar-refractivity contribution is 6.36. The van der Waals surface area contributed by atoms with Gasteiger partial charge >= 0.3 is 0 Å². The maximum Gasteiger partial charge on any atom is 0.0654 e. The summed E-state index contributed by atoms with van der Waals surface area (Å²) in [7, 11) is 0. The summed E-state index contributed by atoms with van der Waals surface area (Å²) < 4.78 is 0. The van der Waals surface area contributed by atoms with E-state index >= 15 is 0 Å². The van der Waals surface area contributed by atoms with Gasteiger partial charge in [0.25, 0.3) is 0 Å². The molecule has 0 saturated carbocycles. The molecule has 1 aliphatic heterocycles. The normalized spacial score (nSPS) is 20.3. The van der Waals surface area contributed by atoms with Crippen LogP contribution >= 0.6 is 23.2 Å². The number of hydrogen-bond acceptors (Lipinski definition) is 2. The molecule has 0 amide bonds. The molecule has 0 aromatic heterocycles. The van der Waals surface area contributed by atoms with Crippen molar-refractivity contribution in [2.45, 2.75) is 32.4 Å². The van der Waals surface area contributed by atoms with Crippen molar-refractivity contribution in [1.82, 2.24) is 5.32 Å². The standard InChI is InChI=1S/C13H18Cl2N2/c1-9(2)16-11-5-6-17(8-11)13-4-3-10(14)7-12(13)15/h3-4,7,9,11,16H,5-6,8H2,1-2H3. The maximum atomic E-state index is 6.22. The van der Waals surface area contributed by atoms with Crippen LogP contribution in [-0.4, -0.2) is 25.2 Å². The average Bonchev–Trinajstić information content (AvgIpc) is 2.65. The van der Waals surface area contributed by atoms with Crippen molar-refractivity contribution < 1.29 is 0 Å². The third-order valence-electron chi connectivity index (χ3n) is 3.01. The zero-order valence-electron chi connectivity index (χ0n) is 10.2. The maximum absolute atomic E-state index is 6.22. The van der Waals surface area contributed by atoms with E-state index in [1.165, 1.54) is 0 Å². The summed E-state index contributed by atoms with van der Waals surface area (Å²) in [6, 6.07) is 6.79. The highest BCUT2D eigenvalue weighted by Gasteiger charge is 2.24. The van der Waals surface area contributed by atoms with E-state index in [-0.39, 0.29) is 0 Å². The fourth-order valence-corrected chi connectivity index (χ4v) is 2.85. The largest absolute Gasteiger partial charge is 0.369 e. The van der Waals surface area contributed by atoms with Crippen molar-refractivity contribution in [3.8, 4) is 0 Å². The van der Waals surface area contributed by atoms with Gasteiger partial charge in [-0.15, -0.1) is 0 Å². The minimum absolute atomic E-state index is 0.528. The number of anilines is 1. The molecule has 1 aromatic rings. The molecule has 1 fully saturated rings. The van der Waals surface area contributed by atoms with Crippen LogP contribution in [0, 0.1) is 0 Å². The molecule has 1 N–H and O–H groups in total. The van der Waals surface area contributed by atoms with Crippen molar-refractivity contribution in [2.24, 2.45) is 0 Å². The number of benzene rings is 1. The zero-order valence-corrected chi connectivity index (χ0v) is 11.7. The average molecular weight is 273 g/mol. The molecule has 1 aliphatic rings. The van der Waals surface area contributed by atoms with Gasteiger partial charge in [0.15, 0.2) is 0 Å². The van der Waals surface area contributed by atoms with Gasteiger partial charge in [0.1, 0.15) is 0 Å². The first-order chi connectivity index (χ1) is 8.06. The summed E-state index contributed by atoms with van der Waals surface area (Å²) >= 11 is 12.1. The third kappa shape index (κ3) is 3.27. The SMILES string of the molecule is CC(C)NC1CCN(c2ccc(Cl)cc2Cl)C1. The van der Waals surface area contributed by atoms with E-state index in [9.17, 15) is 0 Å². The Morgan fingerprint density at radius 3 is 2.76 bits per heavy atom. The minimum Gasteiger partial charge on any atom is -0.369 e. The fourth-order valence-electron chi connectivity index (χ4n) is 2.32. The van der Waals surface area contributed by atoms with Crippen LogP contribution in [0.2, 0.25) is 10.0 Å². The lowest BCUT2D eigenvalue weighted by Gasteiger charge is -2.21. The fraction of sp³-hybridized carbons (Fsp3) is 0.538. The molecule has 0 spiro atoms. The van der Waals surface area contributed by atoms with E-state index < -0.39 is 0 Å². The highest BCUT2D eigenvalue weighted by Crippen LogP contribution is 2.31. The van der Waals surface area contributed by atoms with Crippen molar-refractivity contribution >= 4 is 28.9 Å². The molecule has 2 rings (SSSR count). The molecular weight excluding hydrogens is 255 g/mol. The van der Waals surface area contributed by atoms with Gasteiger partial charge in [-0.1, -0.05) is 37.0 Å². The Morgan fingerprint density at radius 1 is 1.35 bits per heavy atom. The van der Waals surface area contributed by atoms with Gasteiger partial charge < -0.3 is 10.2 Å². The highest BCUT2D eigenvalue weighted by atomic mass is 35.5. The monoisotopic (exact) mass is 272 g/mol. The van der Waals surface area contributed by atoms with Gasteiger partial charge in [-0.3, -0.25) is 0 Å². The van der Waals surface area contributed by atoms with Crippen LogP contribution in [-0.2, 0) is 0 Å². The topological polar surface area (TPSA) is 15.3 Å². The summed E-state index contributed by atoms with van der Waals surface area (Å²) in [5.74, 6) is 0. The Labute approximate surface area is 113 Å². The van der Waals surface area contributed by atoms with E-state index in [0.717, 1.165) is 30.2 Å². The van der Waals surface area contributed by atoms with Crippen LogP contribution in [0.3, 0.4) is 0 Å². The van der Waals surface area contributed by atoms with Crippen molar-refractivity contribution in [1.29, 1.82) is 0 Å². The van der Waals surface area contributed by atoms with E-state index in [1.54, 1.807) is 0 Å². The molecule has 0 radical (unpaired) electrons. The van der Waals surface area contributed by atoms with Crippen LogP contribution < -0.4 is 10.2 Å². The Balaban J connectivity index is 2.05. The number of hydrogen-bond donors (Lipinski definition) is 1. The molecule has 0 aliphatic carbocycles. The van der Waals surface area contributed by atoms with E-state index in [0.29, 0.717) is 17.1 Å². The van der Waals surface area contributed by atoms with Gasteiger partial charge in [0.2, 0.25) is 0 Å². The minimum atomic E-state index is 0.528. The number of halogens is 2. The molecule has 1 unspecified atom stereocenters. The number of rotatable bonds is 3. The van der Waals surface area contributed by atoms with E-state index in [2.05, 4.69) is 24.1 Å². The second-order valence-electron chi connectivity index (χ2n) is 4.85. The van der Waals surface area contributed by atoms with Crippen molar-refractivity contribution in [3.63, 3.8) is 0 Å². The lowest BCUT2D eigenvalue weighted by atomic mass is 10.2. The van der Waals surface area contributed by atoms with Gasteiger partial charge in [-0.05, 0) is 24.6 Å². The molecule has 94 valence electrons. The van der Waals surface area contributed by atoms with Gasteiger partial charge in [-0.25, -0.2) is 0 Å². The van der Waals surface area contributed by atoms with Crippen LogP contribution in [0.5, 0.6) is 0 Å². The quantitative estimate of drug-likeness (QED) is 0.905. The summed E-state index contributed by atoms with van der Waals surface area (Å²) in [6.07, 6.45) is 1.16. The molecule has 1 aromatic carbocycles. The molecule has 1 atom stereocenters. The van der Waals surface area contributed by atoms with E-state index in [4.69, 9.17) is 23.2 Å². The summed E-state index contributed by atoms with van der Waals surface area (Å²) in [5.41, 5.74) is 1.09. The first-order valence-corrected chi connectivity index (χ1v) is 6.78. The lowest BCUT2D eigenvalue weighted by molar-refractivity contribution is 0.492. The molecule has 2 nitrogen and oxygen atoms in total. The Kier molecular flexibility index (Phi) is 4.18. The molecule has 0 bridgehead atoms. The summed E-state index contributed by atoms with van der Waals surface area (Å²) in [6.45, 7) is 6.42. The molecular formula is C13H18Cl2N2. The third-order valence-corrected chi connectivity index (χ3v) is 3.55. The second-order valence-corrected chi connectivity index (χ2v) is 5.69. The van der Waals surface area contributed by atoms with Crippen LogP contribution in [0.4, 0.5) is 5.69 Å². The van der Waals surface area contributed by atoms with Crippen LogP contribution in [0.25, 0.3) is 0 Å². The predicted octanol–water partition coefficient (Wildman–Crippen LogP) is 3.57. The number of nitrogens with one attached hydrogen (secondary N) is 1. The van der Waals surface area contributed by atoms with Crippen LogP contribution in [0.15, 0.2) is 18.2 Å². The second kappa shape index (κ2) is 5.47. The van der Waals surface area contributed by atoms with Crippen molar-refractivity contribution in [3.05, 3.63) is 28.2 Å². The smallest absolute Gasteiger partial charge is 0.0654 e. The molecule has 1 saturated heterocycles. The van der Waals surface area contributed by atoms with Gasteiger partial charge in [0, 0.05) is 30.2 Å². The van der Waals surface area contributed by atoms with Crippen molar-refractivity contribution in [2.75, 3.05) is 18.0 Å². The summed E-state index contributed by atoms with van der Waals surface area (Å²) in [4.78, 5) is 2.32. The van der Waals surface area contributed by atoms with Crippen LogP contribution in [0.1, 0.15) is 20.3 Å².